The first-order chi connectivity index (χ1) is 15.6. The largest absolute Gasteiger partial charge is 0.381 e. The molecule has 9 nitrogen and oxygen atoms in total. The average Bonchev–Trinajstić information content (AvgIpc) is 3.45. The summed E-state index contributed by atoms with van der Waals surface area (Å²) in [7, 11) is 0. The molecular formula is C23H20N7O2+. The van der Waals surface area contributed by atoms with Crippen molar-refractivity contribution in [2.75, 3.05) is 18.5 Å². The molecule has 2 atom stereocenters. The van der Waals surface area contributed by atoms with Gasteiger partial charge in [-0.15, -0.1) is 4.59 Å². The highest BCUT2D eigenvalue weighted by Crippen LogP contribution is 2.36. The maximum atomic E-state index is 12.6. The van der Waals surface area contributed by atoms with E-state index < -0.39 is 0 Å². The number of nitriles is 1. The quantitative estimate of drug-likeness (QED) is 0.574. The van der Waals surface area contributed by atoms with Crippen molar-refractivity contribution >= 4 is 23.8 Å². The number of ether oxygens (including phenoxy) is 1. The van der Waals surface area contributed by atoms with Gasteiger partial charge in [-0.3, -0.25) is 9.79 Å². The maximum absolute atomic E-state index is 12.6. The second-order valence-corrected chi connectivity index (χ2v) is 7.69. The van der Waals surface area contributed by atoms with Gasteiger partial charge in [-0.1, -0.05) is 0 Å². The van der Waals surface area contributed by atoms with Crippen LogP contribution in [-0.2, 0) is 4.74 Å². The van der Waals surface area contributed by atoms with Crippen LogP contribution >= 0.6 is 0 Å². The van der Waals surface area contributed by atoms with Crippen LogP contribution in [-0.4, -0.2) is 40.7 Å². The molecule has 3 aliphatic rings. The number of nitrogens with one attached hydrogen (secondary N) is 1. The first-order valence-corrected chi connectivity index (χ1v) is 10.2. The van der Waals surface area contributed by atoms with Gasteiger partial charge in [0.2, 0.25) is 5.70 Å². The third-order valence-electron chi connectivity index (χ3n) is 5.67. The second kappa shape index (κ2) is 7.94. The smallest absolute Gasteiger partial charge is 0.264 e. The third kappa shape index (κ3) is 3.42. The number of aromatic nitrogens is 1. The van der Waals surface area contributed by atoms with Crippen LogP contribution in [0.3, 0.4) is 0 Å². The molecule has 5 rings (SSSR count). The number of carbonyl (C=O) groups is 1. The summed E-state index contributed by atoms with van der Waals surface area (Å²) >= 11 is 0. The number of hydrogen-bond acceptors (Lipinski definition) is 7. The predicted octanol–water partition coefficient (Wildman–Crippen LogP) is 2.46. The minimum Gasteiger partial charge on any atom is -0.381 e. The predicted molar refractivity (Wildman–Crippen MR) is 118 cm³/mol. The summed E-state index contributed by atoms with van der Waals surface area (Å²) in [4.78, 5) is 25.8. The van der Waals surface area contributed by atoms with E-state index in [0.29, 0.717) is 36.0 Å². The molecule has 158 valence electrons. The van der Waals surface area contributed by atoms with E-state index >= 15 is 0 Å². The summed E-state index contributed by atoms with van der Waals surface area (Å²) in [6, 6.07) is 12.2. The number of quaternary nitrogens is 1. The number of allylic oxidation sites excluding steroid dienone is 1. The van der Waals surface area contributed by atoms with Gasteiger partial charge in [0.1, 0.15) is 17.7 Å². The van der Waals surface area contributed by atoms with Gasteiger partial charge in [0.15, 0.2) is 0 Å². The lowest BCUT2D eigenvalue weighted by Gasteiger charge is -2.26. The molecule has 0 bridgehead atoms. The van der Waals surface area contributed by atoms with E-state index in [9.17, 15) is 4.79 Å². The Morgan fingerprint density at radius 2 is 2.12 bits per heavy atom. The summed E-state index contributed by atoms with van der Waals surface area (Å²) in [6.45, 7) is 1.33. The Labute approximate surface area is 184 Å². The highest BCUT2D eigenvalue weighted by molar-refractivity contribution is 6.05. The van der Waals surface area contributed by atoms with Crippen molar-refractivity contribution in [2.24, 2.45) is 21.7 Å². The number of amides is 1. The molecule has 3 N–H and O–H groups in total. The molecule has 0 radical (unpaired) electrons. The third-order valence-corrected chi connectivity index (χ3v) is 5.67. The molecule has 4 heterocycles. The zero-order chi connectivity index (χ0) is 22.1. The van der Waals surface area contributed by atoms with Gasteiger partial charge >= 0.3 is 0 Å². The van der Waals surface area contributed by atoms with Crippen LogP contribution in [0.1, 0.15) is 27.9 Å². The number of anilines is 1. The van der Waals surface area contributed by atoms with E-state index in [4.69, 9.17) is 20.8 Å². The van der Waals surface area contributed by atoms with Crippen LogP contribution in [0.2, 0.25) is 0 Å². The van der Waals surface area contributed by atoms with Crippen molar-refractivity contribution in [1.82, 2.24) is 4.98 Å². The van der Waals surface area contributed by atoms with Gasteiger partial charge in [0.05, 0.1) is 36.2 Å². The molecule has 32 heavy (non-hydrogen) atoms. The van der Waals surface area contributed by atoms with Gasteiger partial charge in [0.25, 0.3) is 11.7 Å². The second-order valence-electron chi connectivity index (χ2n) is 7.69. The zero-order valence-corrected chi connectivity index (χ0v) is 17.1. The Kier molecular flexibility index (Phi) is 4.95. The molecule has 1 saturated heterocycles. The van der Waals surface area contributed by atoms with Crippen LogP contribution < -0.4 is 11.2 Å². The summed E-state index contributed by atoms with van der Waals surface area (Å²) < 4.78 is 5.48. The van der Waals surface area contributed by atoms with E-state index in [1.54, 1.807) is 36.8 Å². The fraction of sp³-hybridized carbons (Fsp3) is 0.174. The summed E-state index contributed by atoms with van der Waals surface area (Å²) in [5.74, 6) is 7.59. The molecule has 1 fully saturated rings. The standard InChI is InChI=1S/C23H19N7O2/c24-12-15-5-7-27-20(11-15)28-23(31)17-3-1-16(2-4-17)22-29-21(18-6-10-32-14-18)19-13-26-8-9-30(19,22)25/h1-5,7-9,11,13,18H,6,10,14,25H2/p+1. The van der Waals surface area contributed by atoms with Crippen molar-refractivity contribution in [3.63, 3.8) is 0 Å². The average molecular weight is 426 g/mol. The minimum absolute atomic E-state index is 0.0637. The Morgan fingerprint density at radius 3 is 2.88 bits per heavy atom. The van der Waals surface area contributed by atoms with Crippen molar-refractivity contribution < 1.29 is 14.1 Å². The van der Waals surface area contributed by atoms with E-state index in [1.807, 2.05) is 18.2 Å². The van der Waals surface area contributed by atoms with Crippen LogP contribution in [0.25, 0.3) is 0 Å². The molecule has 1 aromatic carbocycles. The molecular weight excluding hydrogens is 406 g/mol. The van der Waals surface area contributed by atoms with Crippen LogP contribution in [0.5, 0.6) is 0 Å². The summed E-state index contributed by atoms with van der Waals surface area (Å²) in [5.41, 5.74) is 3.42. The minimum atomic E-state index is -0.322. The van der Waals surface area contributed by atoms with Gasteiger partial charge in [-0.05, 0) is 42.8 Å². The zero-order valence-electron chi connectivity index (χ0n) is 17.1. The lowest BCUT2D eigenvalue weighted by Crippen LogP contribution is -2.53. The van der Waals surface area contributed by atoms with Crippen LogP contribution in [0.15, 0.2) is 76.4 Å². The highest BCUT2D eigenvalue weighted by Gasteiger charge is 2.46. The molecule has 2 unspecified atom stereocenters. The molecule has 2 aromatic rings. The molecule has 3 aliphatic heterocycles. The number of aliphatic imine (C=N–C) groups is 2. The summed E-state index contributed by atoms with van der Waals surface area (Å²) in [5, 5.41) is 11.7. The Bertz CT molecular complexity index is 1250. The Hall–Kier alpha value is -3.97. The number of pyridine rings is 1. The SMILES string of the molecule is N#Cc1ccnc(NC(=O)c2ccc(C3=NC(C4CCOC4)=C4C=NC=C[N+]34N)cc2)c1. The normalized spacial score (nSPS) is 23.6. The molecule has 1 amide bonds. The van der Waals surface area contributed by atoms with Crippen LogP contribution in [0, 0.1) is 17.2 Å². The van der Waals surface area contributed by atoms with Gasteiger partial charge in [-0.25, -0.2) is 4.98 Å². The molecule has 0 saturated carbocycles. The molecule has 0 aliphatic carbocycles. The topological polar surface area (TPSA) is 126 Å². The number of amidine groups is 1. The number of carbonyl (C=O) groups excluding carboxylic acids is 1. The molecule has 1 aromatic heterocycles. The van der Waals surface area contributed by atoms with Crippen molar-refractivity contribution in [3.8, 4) is 6.07 Å². The Balaban J connectivity index is 1.40. The highest BCUT2D eigenvalue weighted by atomic mass is 16.5. The van der Waals surface area contributed by atoms with E-state index in [-0.39, 0.29) is 16.4 Å². The fourth-order valence-electron chi connectivity index (χ4n) is 3.98. The number of fused-ring (bicyclic) bond motifs is 1. The van der Waals surface area contributed by atoms with Gasteiger partial charge in [0, 0.05) is 24.3 Å². The number of nitrogens with two attached hydrogens (primary N) is 1. The first kappa shape index (κ1) is 20.0. The molecule has 9 heteroatoms. The maximum Gasteiger partial charge on any atom is 0.264 e. The number of hydrogen-bond donors (Lipinski definition) is 2. The lowest BCUT2D eigenvalue weighted by atomic mass is 10.0. The Morgan fingerprint density at radius 1 is 1.28 bits per heavy atom. The van der Waals surface area contributed by atoms with E-state index in [2.05, 4.69) is 15.3 Å². The number of benzene rings is 1. The van der Waals surface area contributed by atoms with E-state index in [1.165, 1.54) is 12.3 Å². The van der Waals surface area contributed by atoms with Crippen molar-refractivity contribution in [2.45, 2.75) is 6.42 Å². The fourth-order valence-corrected chi connectivity index (χ4v) is 3.98. The number of rotatable bonds is 4. The van der Waals surface area contributed by atoms with Gasteiger partial charge < -0.3 is 10.1 Å². The van der Waals surface area contributed by atoms with Gasteiger partial charge in [-0.2, -0.15) is 16.1 Å². The number of nitrogens with zero attached hydrogens (tertiary/aromatic N) is 5. The van der Waals surface area contributed by atoms with E-state index in [0.717, 1.165) is 23.4 Å². The van der Waals surface area contributed by atoms with Crippen molar-refractivity contribution in [3.05, 3.63) is 83.1 Å². The summed E-state index contributed by atoms with van der Waals surface area (Å²) in [6.07, 6.45) is 7.59. The first-order valence-electron chi connectivity index (χ1n) is 10.2. The van der Waals surface area contributed by atoms with Crippen molar-refractivity contribution in [1.29, 1.82) is 5.26 Å². The molecule has 0 spiro atoms. The lowest BCUT2D eigenvalue weighted by molar-refractivity contribution is -0.750. The monoisotopic (exact) mass is 426 g/mol. The van der Waals surface area contributed by atoms with Crippen LogP contribution in [0.4, 0.5) is 5.82 Å².